The Kier molecular flexibility index (Phi) is 11.0. The second-order valence-electron chi connectivity index (χ2n) is 5.77. The molecule has 0 bridgehead atoms. The van der Waals surface area contributed by atoms with Crippen molar-refractivity contribution in [2.75, 3.05) is 55.4 Å². The molecule has 0 unspecified atom stereocenters. The van der Waals surface area contributed by atoms with E-state index in [1.165, 1.54) is 14.2 Å². The average Bonchev–Trinajstić information content (AvgIpc) is 2.66. The summed E-state index contributed by atoms with van der Waals surface area (Å²) < 4.78 is 69.8. The summed E-state index contributed by atoms with van der Waals surface area (Å²) in [5, 5.41) is 1.07. The second kappa shape index (κ2) is 10.8. The van der Waals surface area contributed by atoms with Gasteiger partial charge in [-0.15, -0.1) is 0 Å². The first-order chi connectivity index (χ1) is 12.0. The van der Waals surface area contributed by atoms with E-state index in [0.29, 0.717) is 0 Å². The Morgan fingerprint density at radius 3 is 1.42 bits per heavy atom. The maximum absolute atomic E-state index is 13.4. The predicted octanol–water partition coefficient (Wildman–Crippen LogP) is 3.73. The molecule has 0 aliphatic heterocycles. The molecule has 0 aromatic carbocycles. The predicted molar refractivity (Wildman–Crippen MR) is 99.9 cm³/mol. The van der Waals surface area contributed by atoms with Crippen molar-refractivity contribution in [3.05, 3.63) is 0 Å². The zero-order valence-corrected chi connectivity index (χ0v) is 19.4. The van der Waals surface area contributed by atoms with Crippen molar-refractivity contribution >= 4 is 22.8 Å². The number of hydrogen-bond acceptors (Lipinski definition) is 10. The van der Waals surface area contributed by atoms with E-state index in [4.69, 9.17) is 27.1 Å². The van der Waals surface area contributed by atoms with Gasteiger partial charge >= 0.3 is 22.8 Å². The molecule has 0 amide bonds. The van der Waals surface area contributed by atoms with Crippen LogP contribution < -0.4 is 5.32 Å². The van der Waals surface area contributed by atoms with Crippen LogP contribution >= 0.6 is 22.8 Å². The van der Waals surface area contributed by atoms with E-state index in [1.54, 1.807) is 0 Å². The smallest absolute Gasteiger partial charge is 0.312 e. The molecular weight excluding hydrogens is 407 g/mol. The average molecular weight is 439 g/mol. The van der Waals surface area contributed by atoms with Crippen LogP contribution in [0.15, 0.2) is 0 Å². The highest BCUT2D eigenvalue weighted by molar-refractivity contribution is 7.74. The Labute approximate surface area is 156 Å². The molecule has 0 fully saturated rings. The molecule has 26 heavy (non-hydrogen) atoms. The van der Waals surface area contributed by atoms with Gasteiger partial charge in [0.25, 0.3) is 0 Å². The summed E-state index contributed by atoms with van der Waals surface area (Å²) >= 11 is 0. The molecule has 0 aromatic heterocycles. The van der Waals surface area contributed by atoms with E-state index >= 15 is 0 Å². The lowest BCUT2D eigenvalue weighted by Crippen LogP contribution is -2.48. The minimum atomic E-state index is -4.10. The summed E-state index contributed by atoms with van der Waals surface area (Å²) in [6, 6.07) is 0. The number of hydrogen-bond donors (Lipinski definition) is 1. The number of nitrogens with one attached hydrogen (secondary N) is 1. The molecule has 158 valence electrons. The maximum Gasteiger partial charge on any atom is 0.362 e. The van der Waals surface area contributed by atoms with Gasteiger partial charge in [-0.3, -0.25) is 19.0 Å². The van der Waals surface area contributed by atoms with Gasteiger partial charge in [-0.2, -0.15) is 0 Å². The Hall–Kier alpha value is 0.410. The summed E-state index contributed by atoms with van der Waals surface area (Å²) in [5.74, 6) is 0.0929. The molecule has 0 saturated carbocycles. The molecule has 0 rings (SSSR count). The zero-order valence-electron chi connectivity index (χ0n) is 16.7. The van der Waals surface area contributed by atoms with Crippen molar-refractivity contribution in [3.63, 3.8) is 0 Å². The van der Waals surface area contributed by atoms with E-state index in [1.807, 2.05) is 13.8 Å². The topological polar surface area (TPSA) is 119 Å². The summed E-state index contributed by atoms with van der Waals surface area (Å²) in [4.78, 5) is 0. The van der Waals surface area contributed by atoms with Crippen LogP contribution in [0.4, 0.5) is 0 Å². The third-order valence-electron chi connectivity index (χ3n) is 3.95. The Morgan fingerprint density at radius 1 is 0.769 bits per heavy atom. The van der Waals surface area contributed by atoms with E-state index in [2.05, 4.69) is 5.32 Å². The lowest BCUT2D eigenvalue weighted by Gasteiger charge is -2.42. The van der Waals surface area contributed by atoms with Crippen LogP contribution in [0.5, 0.6) is 0 Å². The lowest BCUT2D eigenvalue weighted by molar-refractivity contribution is 0.206. The fourth-order valence-corrected chi connectivity index (χ4v) is 8.88. The van der Waals surface area contributed by atoms with Crippen LogP contribution in [0.2, 0.25) is 0 Å². The molecule has 0 saturated heterocycles. The summed E-state index contributed by atoms with van der Waals surface area (Å²) in [5.41, 5.74) is 0. The van der Waals surface area contributed by atoms with Gasteiger partial charge in [-0.25, -0.2) is 0 Å². The van der Waals surface area contributed by atoms with Crippen molar-refractivity contribution in [2.45, 2.75) is 25.3 Å². The van der Waals surface area contributed by atoms with Crippen molar-refractivity contribution in [1.82, 2.24) is 5.32 Å². The van der Waals surface area contributed by atoms with Crippen LogP contribution in [0.3, 0.4) is 0 Å². The van der Waals surface area contributed by atoms with Crippen LogP contribution in [-0.2, 0) is 40.8 Å². The highest BCUT2D eigenvalue weighted by Gasteiger charge is 2.64. The molecule has 0 atom stereocenters. The highest BCUT2D eigenvalue weighted by atomic mass is 31.2. The van der Waals surface area contributed by atoms with Crippen molar-refractivity contribution in [1.29, 1.82) is 0 Å². The van der Waals surface area contributed by atoms with Gasteiger partial charge in [0.05, 0.1) is 6.16 Å². The van der Waals surface area contributed by atoms with E-state index < -0.39 is 27.8 Å². The van der Waals surface area contributed by atoms with Gasteiger partial charge < -0.3 is 27.1 Å². The molecule has 0 aliphatic carbocycles. The SMILES string of the molecule is COP(=O)(CCC(NCC(C)C)(P(=O)(OC)OC)P(=O)(OC)OC)OC. The molecule has 0 radical (unpaired) electrons. The van der Waals surface area contributed by atoms with Gasteiger partial charge in [-0.05, 0) is 12.5 Å². The molecule has 1 N–H and O–H groups in total. The van der Waals surface area contributed by atoms with Gasteiger partial charge in [0.15, 0.2) is 0 Å². The molecule has 0 heterocycles. The zero-order chi connectivity index (χ0) is 20.6. The van der Waals surface area contributed by atoms with Crippen LogP contribution in [0.1, 0.15) is 20.3 Å². The molecule has 0 aromatic rings. The van der Waals surface area contributed by atoms with Gasteiger partial charge in [-0.1, -0.05) is 13.8 Å². The highest BCUT2D eigenvalue weighted by Crippen LogP contribution is 2.77. The Morgan fingerprint density at radius 2 is 1.15 bits per heavy atom. The fourth-order valence-electron chi connectivity index (χ4n) is 2.38. The van der Waals surface area contributed by atoms with Crippen molar-refractivity contribution < 1.29 is 40.8 Å². The van der Waals surface area contributed by atoms with Crippen molar-refractivity contribution in [3.8, 4) is 0 Å². The number of rotatable bonds is 14. The standard InChI is InChI=1S/C13H32NO9P3/c1-12(2)11-14-13(25(16,20-5)21-6,26(17,22-7)23-8)9-10-24(15,18-3)19-4/h12,14H,9-11H2,1-8H3. The minimum absolute atomic E-state index is 0.0929. The third kappa shape index (κ3) is 5.48. The first-order valence-corrected chi connectivity index (χ1v) is 12.7. The Bertz CT molecular complexity index is 519. The van der Waals surface area contributed by atoms with Crippen LogP contribution in [0.25, 0.3) is 0 Å². The molecule has 10 nitrogen and oxygen atoms in total. The molecule has 0 aliphatic rings. The van der Waals surface area contributed by atoms with Gasteiger partial charge in [0.2, 0.25) is 5.02 Å². The molecule has 13 heteroatoms. The van der Waals surface area contributed by atoms with Gasteiger partial charge in [0, 0.05) is 49.1 Å². The molecule has 0 spiro atoms. The lowest BCUT2D eigenvalue weighted by atomic mass is 10.2. The van der Waals surface area contributed by atoms with Crippen LogP contribution in [0, 0.1) is 5.92 Å². The third-order valence-corrected chi connectivity index (χ3v) is 11.8. The monoisotopic (exact) mass is 439 g/mol. The maximum atomic E-state index is 13.4. The van der Waals surface area contributed by atoms with Crippen molar-refractivity contribution in [2.24, 2.45) is 5.92 Å². The van der Waals surface area contributed by atoms with E-state index in [-0.39, 0.29) is 25.0 Å². The van der Waals surface area contributed by atoms with Crippen LogP contribution in [-0.4, -0.2) is 60.4 Å². The summed E-state index contributed by atoms with van der Waals surface area (Å²) in [6.07, 6.45) is -0.463. The fraction of sp³-hybridized carbons (Fsp3) is 1.00. The molecular formula is C13H32NO9P3. The summed E-state index contributed by atoms with van der Waals surface area (Å²) in [6.45, 7) is 4.10. The van der Waals surface area contributed by atoms with E-state index in [9.17, 15) is 13.7 Å². The van der Waals surface area contributed by atoms with E-state index in [0.717, 1.165) is 28.4 Å². The first-order valence-electron chi connectivity index (χ1n) is 7.88. The Balaban J connectivity index is 6.42. The summed E-state index contributed by atoms with van der Waals surface area (Å²) in [7, 11) is -4.59. The second-order valence-corrected chi connectivity index (χ2v) is 13.5. The van der Waals surface area contributed by atoms with Gasteiger partial charge in [0.1, 0.15) is 0 Å². The quantitative estimate of drug-likeness (QED) is 0.401. The minimum Gasteiger partial charge on any atom is -0.312 e. The normalized spacial score (nSPS) is 14.2. The largest absolute Gasteiger partial charge is 0.362 e. The first kappa shape index (κ1) is 26.4.